The van der Waals surface area contributed by atoms with Crippen molar-refractivity contribution in [2.75, 3.05) is 0 Å². The van der Waals surface area contributed by atoms with Crippen LogP contribution in [0.15, 0.2) is 30.5 Å². The maximum atomic E-state index is 13.8. The average molecular weight is 371 g/mol. The number of amides is 1. The van der Waals surface area contributed by atoms with E-state index in [1.165, 1.54) is 18.3 Å². The highest BCUT2D eigenvalue weighted by Crippen LogP contribution is 2.16. The Bertz CT molecular complexity index is 879. The van der Waals surface area contributed by atoms with E-state index in [-0.39, 0.29) is 17.3 Å². The molecule has 9 heteroatoms. The average Bonchev–Trinajstić information content (AvgIpc) is 2.96. The van der Waals surface area contributed by atoms with Crippen molar-refractivity contribution in [2.24, 2.45) is 5.92 Å². The maximum Gasteiger partial charge on any atom is 0.285 e. The van der Waals surface area contributed by atoms with Crippen LogP contribution in [0, 0.1) is 17.6 Å². The summed E-state index contributed by atoms with van der Waals surface area (Å²) in [5.41, 5.74) is -0.247. The highest BCUT2D eigenvalue weighted by molar-refractivity contribution is 7.90. The first-order valence-corrected chi connectivity index (χ1v) is 9.27. The molecule has 0 radical (unpaired) electrons. The number of benzene rings is 1. The molecule has 0 fully saturated rings. The minimum atomic E-state index is -3.86. The molecular weight excluding hydrogens is 352 g/mol. The minimum Gasteiger partial charge on any atom is -0.266 e. The van der Waals surface area contributed by atoms with Gasteiger partial charge in [0.1, 0.15) is 11.5 Å². The number of nitrogens with zero attached hydrogens (tertiary/aromatic N) is 2. The molecule has 1 amide bonds. The highest BCUT2D eigenvalue weighted by Gasteiger charge is 2.29. The second-order valence-corrected chi connectivity index (χ2v) is 7.81. The second-order valence-electron chi connectivity index (χ2n) is 5.91. The van der Waals surface area contributed by atoms with Gasteiger partial charge in [0.05, 0.1) is 5.25 Å². The zero-order valence-corrected chi connectivity index (χ0v) is 14.8. The van der Waals surface area contributed by atoms with Gasteiger partial charge in [-0.15, -0.1) is 0 Å². The summed E-state index contributed by atoms with van der Waals surface area (Å²) >= 11 is 0. The second kappa shape index (κ2) is 7.30. The van der Waals surface area contributed by atoms with Gasteiger partial charge in [0, 0.05) is 12.3 Å². The summed E-state index contributed by atoms with van der Waals surface area (Å²) in [6, 6.07) is 4.17. The molecule has 0 aliphatic heterocycles. The number of aromatic nitrogens is 2. The van der Waals surface area contributed by atoms with Crippen LogP contribution in [-0.4, -0.2) is 29.4 Å². The van der Waals surface area contributed by atoms with Gasteiger partial charge in [0.2, 0.25) is 10.0 Å². The largest absolute Gasteiger partial charge is 0.285 e. The van der Waals surface area contributed by atoms with Crippen molar-refractivity contribution < 1.29 is 22.0 Å². The van der Waals surface area contributed by atoms with Crippen LogP contribution < -0.4 is 4.72 Å². The number of carbonyl (C=O) groups is 1. The van der Waals surface area contributed by atoms with Crippen molar-refractivity contribution in [3.63, 3.8) is 0 Å². The fourth-order valence-corrected chi connectivity index (χ4v) is 4.22. The lowest BCUT2D eigenvalue weighted by molar-refractivity contribution is 0.0975. The summed E-state index contributed by atoms with van der Waals surface area (Å²) < 4.78 is 54.3. The zero-order chi connectivity index (χ0) is 18.8. The predicted octanol–water partition coefficient (Wildman–Crippen LogP) is 2.64. The Morgan fingerprint density at radius 1 is 1.28 bits per heavy atom. The van der Waals surface area contributed by atoms with Gasteiger partial charge in [-0.2, -0.15) is 5.10 Å². The number of halogens is 2. The fraction of sp³-hybridized carbons (Fsp3) is 0.375. The number of rotatable bonds is 6. The van der Waals surface area contributed by atoms with Crippen molar-refractivity contribution in [1.82, 2.24) is 14.5 Å². The SMILES string of the molecule is CCC(C(C)C)S(=O)(=O)NC(=O)c1ccn(-c2ccc(F)cc2F)n1. The normalized spacial score (nSPS) is 13.0. The molecule has 1 heterocycles. The van der Waals surface area contributed by atoms with Crippen molar-refractivity contribution in [3.8, 4) is 5.69 Å². The number of carbonyl (C=O) groups excluding carboxylic acids is 1. The van der Waals surface area contributed by atoms with Gasteiger partial charge in [-0.1, -0.05) is 20.8 Å². The summed E-state index contributed by atoms with van der Waals surface area (Å²) in [6.07, 6.45) is 1.65. The first-order valence-electron chi connectivity index (χ1n) is 7.72. The van der Waals surface area contributed by atoms with E-state index in [1.54, 1.807) is 20.8 Å². The molecule has 0 aliphatic carbocycles. The molecule has 0 saturated heterocycles. The molecule has 1 atom stereocenters. The van der Waals surface area contributed by atoms with Crippen molar-refractivity contribution in [3.05, 3.63) is 47.8 Å². The third-order valence-electron chi connectivity index (χ3n) is 3.76. The first kappa shape index (κ1) is 19.0. The van der Waals surface area contributed by atoms with Gasteiger partial charge in [-0.05, 0) is 30.5 Å². The van der Waals surface area contributed by atoms with Gasteiger partial charge in [0.15, 0.2) is 11.5 Å². The van der Waals surface area contributed by atoms with Crippen LogP contribution in [0.1, 0.15) is 37.7 Å². The third kappa shape index (κ3) is 4.22. The van der Waals surface area contributed by atoms with E-state index in [1.807, 2.05) is 4.72 Å². The zero-order valence-electron chi connectivity index (χ0n) is 14.0. The molecule has 2 rings (SSSR count). The number of hydrogen-bond acceptors (Lipinski definition) is 4. The van der Waals surface area contributed by atoms with Crippen LogP contribution in [0.2, 0.25) is 0 Å². The van der Waals surface area contributed by atoms with Gasteiger partial charge < -0.3 is 0 Å². The molecule has 136 valence electrons. The lowest BCUT2D eigenvalue weighted by atomic mass is 10.1. The van der Waals surface area contributed by atoms with Gasteiger partial charge in [-0.3, -0.25) is 4.79 Å². The minimum absolute atomic E-state index is 0.0584. The smallest absolute Gasteiger partial charge is 0.266 e. The standard InChI is InChI=1S/C16H19F2N3O3S/c1-4-15(10(2)3)25(23,24)20-16(22)13-7-8-21(19-13)14-6-5-11(17)9-12(14)18/h5-10,15H,4H2,1-3H3,(H,20,22). The van der Waals surface area contributed by atoms with Crippen LogP contribution in [0.25, 0.3) is 5.69 Å². The molecule has 0 bridgehead atoms. The Balaban J connectivity index is 2.23. The maximum absolute atomic E-state index is 13.8. The van der Waals surface area contributed by atoms with Gasteiger partial charge >= 0.3 is 0 Å². The van der Waals surface area contributed by atoms with Crippen molar-refractivity contribution in [1.29, 1.82) is 0 Å². The van der Waals surface area contributed by atoms with Crippen LogP contribution in [0.4, 0.5) is 8.78 Å². The molecule has 1 N–H and O–H groups in total. The monoisotopic (exact) mass is 371 g/mol. The molecule has 1 aromatic carbocycles. The summed E-state index contributed by atoms with van der Waals surface area (Å²) in [4.78, 5) is 12.2. The Hall–Kier alpha value is -2.29. The third-order valence-corrected chi connectivity index (χ3v) is 5.90. The van der Waals surface area contributed by atoms with E-state index in [0.29, 0.717) is 12.5 Å². The molecule has 0 spiro atoms. The van der Waals surface area contributed by atoms with E-state index in [2.05, 4.69) is 5.10 Å². The topological polar surface area (TPSA) is 81.1 Å². The summed E-state index contributed by atoms with van der Waals surface area (Å²) in [6.45, 7) is 5.23. The summed E-state index contributed by atoms with van der Waals surface area (Å²) in [5, 5.41) is 3.15. The summed E-state index contributed by atoms with van der Waals surface area (Å²) in [7, 11) is -3.86. The molecule has 0 aliphatic rings. The molecule has 6 nitrogen and oxygen atoms in total. The Morgan fingerprint density at radius 3 is 2.52 bits per heavy atom. The van der Waals surface area contributed by atoms with Crippen molar-refractivity contribution >= 4 is 15.9 Å². The van der Waals surface area contributed by atoms with Gasteiger partial charge in [0.25, 0.3) is 5.91 Å². The number of hydrogen-bond donors (Lipinski definition) is 1. The Morgan fingerprint density at radius 2 is 1.96 bits per heavy atom. The lowest BCUT2D eigenvalue weighted by Gasteiger charge is -2.19. The van der Waals surface area contributed by atoms with E-state index >= 15 is 0 Å². The van der Waals surface area contributed by atoms with Crippen LogP contribution in [-0.2, 0) is 10.0 Å². The van der Waals surface area contributed by atoms with Crippen LogP contribution in [0.3, 0.4) is 0 Å². The quantitative estimate of drug-likeness (QED) is 0.846. The van der Waals surface area contributed by atoms with E-state index in [0.717, 1.165) is 10.7 Å². The van der Waals surface area contributed by atoms with Gasteiger partial charge in [-0.25, -0.2) is 26.6 Å². The predicted molar refractivity (Wildman–Crippen MR) is 88.8 cm³/mol. The number of sulfonamides is 1. The first-order chi connectivity index (χ1) is 11.7. The molecule has 2 aromatic rings. The Kier molecular flexibility index (Phi) is 5.56. The fourth-order valence-electron chi connectivity index (χ4n) is 2.55. The number of nitrogens with one attached hydrogen (secondary N) is 1. The van der Waals surface area contributed by atoms with Crippen LogP contribution in [0.5, 0.6) is 0 Å². The molecule has 0 saturated carbocycles. The van der Waals surface area contributed by atoms with E-state index in [9.17, 15) is 22.0 Å². The Labute approximate surface area is 144 Å². The van der Waals surface area contributed by atoms with Crippen molar-refractivity contribution in [2.45, 2.75) is 32.4 Å². The molecule has 1 aromatic heterocycles. The molecule has 1 unspecified atom stereocenters. The van der Waals surface area contributed by atoms with E-state index < -0.39 is 32.8 Å². The summed E-state index contributed by atoms with van der Waals surface area (Å²) in [5.74, 6) is -2.66. The van der Waals surface area contributed by atoms with Crippen LogP contribution >= 0.6 is 0 Å². The highest BCUT2D eigenvalue weighted by atomic mass is 32.2. The lowest BCUT2D eigenvalue weighted by Crippen LogP contribution is -2.40. The molecule has 25 heavy (non-hydrogen) atoms. The molecular formula is C16H19F2N3O3S. The van der Waals surface area contributed by atoms with E-state index in [4.69, 9.17) is 0 Å².